The van der Waals surface area contributed by atoms with E-state index in [0.717, 1.165) is 11.4 Å². The van der Waals surface area contributed by atoms with E-state index >= 15 is 0 Å². The molecule has 2 nitrogen and oxygen atoms in total. The van der Waals surface area contributed by atoms with Crippen LogP contribution in [0.25, 0.3) is 0 Å². The summed E-state index contributed by atoms with van der Waals surface area (Å²) in [6.07, 6.45) is 3.42. The van der Waals surface area contributed by atoms with Gasteiger partial charge in [0.1, 0.15) is 0 Å². The number of hydrogen-bond acceptors (Lipinski definition) is 3. The van der Waals surface area contributed by atoms with E-state index in [-0.39, 0.29) is 0 Å². The average molecular weight is 265 g/mol. The quantitative estimate of drug-likeness (QED) is 0.850. The van der Waals surface area contributed by atoms with Crippen LogP contribution in [0.2, 0.25) is 5.02 Å². The van der Waals surface area contributed by atoms with Gasteiger partial charge in [0, 0.05) is 15.8 Å². The SMILES string of the molecule is Nc1nc2c(s1)C(c1ccc(Cl)cc1)CCC2. The molecule has 1 atom stereocenters. The fourth-order valence-electron chi connectivity index (χ4n) is 2.45. The van der Waals surface area contributed by atoms with Gasteiger partial charge in [0.05, 0.1) is 5.69 Å². The van der Waals surface area contributed by atoms with Crippen molar-refractivity contribution in [1.82, 2.24) is 4.98 Å². The lowest BCUT2D eigenvalue weighted by Crippen LogP contribution is -2.08. The van der Waals surface area contributed by atoms with Crippen LogP contribution in [0.4, 0.5) is 5.13 Å². The van der Waals surface area contributed by atoms with E-state index in [1.807, 2.05) is 12.1 Å². The Bertz CT molecular complexity index is 533. The van der Waals surface area contributed by atoms with Gasteiger partial charge in [0.15, 0.2) is 5.13 Å². The molecule has 0 saturated carbocycles. The Hall–Kier alpha value is -1.06. The maximum Gasteiger partial charge on any atom is 0.180 e. The number of fused-ring (bicyclic) bond motifs is 1. The van der Waals surface area contributed by atoms with Crippen LogP contribution >= 0.6 is 22.9 Å². The highest BCUT2D eigenvalue weighted by atomic mass is 35.5. The third kappa shape index (κ3) is 2.05. The molecule has 0 radical (unpaired) electrons. The van der Waals surface area contributed by atoms with Crippen molar-refractivity contribution in [2.45, 2.75) is 25.2 Å². The van der Waals surface area contributed by atoms with Crippen molar-refractivity contribution in [2.75, 3.05) is 5.73 Å². The lowest BCUT2D eigenvalue weighted by atomic mass is 9.86. The van der Waals surface area contributed by atoms with Crippen LogP contribution in [-0.4, -0.2) is 4.98 Å². The van der Waals surface area contributed by atoms with Crippen LogP contribution in [0.5, 0.6) is 0 Å². The number of nitrogens with zero attached hydrogens (tertiary/aromatic N) is 1. The van der Waals surface area contributed by atoms with Crippen LogP contribution in [0.3, 0.4) is 0 Å². The first-order valence-electron chi connectivity index (χ1n) is 5.74. The first-order valence-corrected chi connectivity index (χ1v) is 6.94. The Morgan fingerprint density at radius 3 is 2.82 bits per heavy atom. The van der Waals surface area contributed by atoms with Crippen molar-refractivity contribution in [3.05, 3.63) is 45.4 Å². The van der Waals surface area contributed by atoms with E-state index < -0.39 is 0 Å². The lowest BCUT2D eigenvalue weighted by molar-refractivity contribution is 0.617. The molecule has 0 saturated heterocycles. The number of hydrogen-bond donors (Lipinski definition) is 1. The van der Waals surface area contributed by atoms with Gasteiger partial charge in [-0.05, 0) is 37.0 Å². The Morgan fingerprint density at radius 2 is 2.06 bits per heavy atom. The third-order valence-electron chi connectivity index (χ3n) is 3.24. The maximum atomic E-state index is 5.93. The summed E-state index contributed by atoms with van der Waals surface area (Å²) in [5.41, 5.74) is 8.32. The van der Waals surface area contributed by atoms with Gasteiger partial charge in [0.25, 0.3) is 0 Å². The van der Waals surface area contributed by atoms with E-state index in [2.05, 4.69) is 17.1 Å². The summed E-state index contributed by atoms with van der Waals surface area (Å²) in [5.74, 6) is 0.450. The number of benzene rings is 1. The molecule has 0 fully saturated rings. The van der Waals surface area contributed by atoms with Crippen LogP contribution in [0.1, 0.15) is 34.9 Å². The zero-order valence-corrected chi connectivity index (χ0v) is 10.9. The number of nitrogen functional groups attached to an aromatic ring is 1. The minimum absolute atomic E-state index is 0.450. The highest BCUT2D eigenvalue weighted by Crippen LogP contribution is 2.40. The average Bonchev–Trinajstić information content (AvgIpc) is 2.70. The normalized spacial score (nSPS) is 19.0. The van der Waals surface area contributed by atoms with Gasteiger partial charge in [-0.15, -0.1) is 11.3 Å². The molecule has 1 heterocycles. The van der Waals surface area contributed by atoms with Gasteiger partial charge in [-0.25, -0.2) is 4.98 Å². The van der Waals surface area contributed by atoms with Gasteiger partial charge in [-0.1, -0.05) is 23.7 Å². The van der Waals surface area contributed by atoms with Crippen molar-refractivity contribution in [1.29, 1.82) is 0 Å². The minimum atomic E-state index is 0.450. The summed E-state index contributed by atoms with van der Waals surface area (Å²) < 4.78 is 0. The second-order valence-corrected chi connectivity index (χ2v) is 5.86. The fourth-order valence-corrected chi connectivity index (χ4v) is 3.62. The minimum Gasteiger partial charge on any atom is -0.375 e. The summed E-state index contributed by atoms with van der Waals surface area (Å²) in [4.78, 5) is 5.76. The predicted molar refractivity (Wildman–Crippen MR) is 72.8 cm³/mol. The first kappa shape index (κ1) is 11.1. The summed E-state index contributed by atoms with van der Waals surface area (Å²) in [7, 11) is 0. The molecular formula is C13H13ClN2S. The standard InChI is InChI=1S/C13H13ClN2S/c14-9-6-4-8(5-7-9)10-2-1-3-11-12(10)17-13(15)16-11/h4-7,10H,1-3H2,(H2,15,16). The zero-order chi connectivity index (χ0) is 11.8. The zero-order valence-electron chi connectivity index (χ0n) is 9.32. The molecular weight excluding hydrogens is 252 g/mol. The van der Waals surface area contributed by atoms with E-state index in [0.29, 0.717) is 11.0 Å². The molecule has 1 aliphatic rings. The summed E-state index contributed by atoms with van der Waals surface area (Å²) in [6.45, 7) is 0. The number of anilines is 1. The van der Waals surface area contributed by atoms with Crippen molar-refractivity contribution in [3.63, 3.8) is 0 Å². The Balaban J connectivity index is 2.02. The number of aryl methyl sites for hydroxylation is 1. The monoisotopic (exact) mass is 264 g/mol. The third-order valence-corrected chi connectivity index (χ3v) is 4.53. The molecule has 0 aliphatic heterocycles. The van der Waals surface area contributed by atoms with Crippen molar-refractivity contribution in [2.24, 2.45) is 0 Å². The van der Waals surface area contributed by atoms with Crippen LogP contribution in [-0.2, 0) is 6.42 Å². The second kappa shape index (κ2) is 4.31. The number of thiazole rings is 1. The van der Waals surface area contributed by atoms with E-state index in [1.54, 1.807) is 11.3 Å². The van der Waals surface area contributed by atoms with Gasteiger partial charge < -0.3 is 5.73 Å². The predicted octanol–water partition coefficient (Wildman–Crippen LogP) is 3.85. The molecule has 1 aromatic carbocycles. The molecule has 2 aromatic rings. The van der Waals surface area contributed by atoms with Crippen molar-refractivity contribution < 1.29 is 0 Å². The van der Waals surface area contributed by atoms with E-state index in [4.69, 9.17) is 17.3 Å². The number of rotatable bonds is 1. The summed E-state index contributed by atoms with van der Waals surface area (Å²) in [5, 5.41) is 1.48. The molecule has 88 valence electrons. The Labute approximate surface area is 109 Å². The molecule has 1 aromatic heterocycles. The molecule has 1 unspecified atom stereocenters. The highest BCUT2D eigenvalue weighted by Gasteiger charge is 2.25. The topological polar surface area (TPSA) is 38.9 Å². The summed E-state index contributed by atoms with van der Waals surface area (Å²) in [6, 6.07) is 8.13. The van der Waals surface area contributed by atoms with Crippen LogP contribution < -0.4 is 5.73 Å². The van der Waals surface area contributed by atoms with Gasteiger partial charge >= 0.3 is 0 Å². The van der Waals surface area contributed by atoms with E-state index in [1.165, 1.54) is 29.0 Å². The first-order chi connectivity index (χ1) is 8.24. The molecule has 3 rings (SSSR count). The van der Waals surface area contributed by atoms with Gasteiger partial charge in [0.2, 0.25) is 0 Å². The molecule has 0 amide bonds. The maximum absolute atomic E-state index is 5.93. The largest absolute Gasteiger partial charge is 0.375 e. The van der Waals surface area contributed by atoms with Crippen LogP contribution in [0, 0.1) is 0 Å². The lowest BCUT2D eigenvalue weighted by Gasteiger charge is -2.21. The molecule has 0 bridgehead atoms. The number of halogens is 1. The van der Waals surface area contributed by atoms with Crippen molar-refractivity contribution >= 4 is 28.1 Å². The van der Waals surface area contributed by atoms with E-state index in [9.17, 15) is 0 Å². The van der Waals surface area contributed by atoms with Gasteiger partial charge in [-0.2, -0.15) is 0 Å². The Kier molecular flexibility index (Phi) is 2.81. The van der Waals surface area contributed by atoms with Crippen LogP contribution in [0.15, 0.2) is 24.3 Å². The smallest absolute Gasteiger partial charge is 0.180 e. The molecule has 1 aliphatic carbocycles. The molecule has 0 spiro atoms. The Morgan fingerprint density at radius 1 is 1.29 bits per heavy atom. The molecule has 2 N–H and O–H groups in total. The highest BCUT2D eigenvalue weighted by molar-refractivity contribution is 7.15. The van der Waals surface area contributed by atoms with Crippen molar-refractivity contribution in [3.8, 4) is 0 Å². The van der Waals surface area contributed by atoms with Gasteiger partial charge in [-0.3, -0.25) is 0 Å². The molecule has 17 heavy (non-hydrogen) atoms. The number of aromatic nitrogens is 1. The fraction of sp³-hybridized carbons (Fsp3) is 0.308. The molecule has 4 heteroatoms. The second-order valence-electron chi connectivity index (χ2n) is 4.36. The summed E-state index contributed by atoms with van der Waals surface area (Å²) >= 11 is 7.56. The number of nitrogens with two attached hydrogens (primary N) is 1.